The van der Waals surface area contributed by atoms with Crippen LogP contribution in [0.3, 0.4) is 0 Å². The Balaban J connectivity index is 3.32. The van der Waals surface area contributed by atoms with Crippen LogP contribution in [0.5, 0.6) is 0 Å². The normalized spacial score (nSPS) is 11.9. The van der Waals surface area contributed by atoms with Crippen molar-refractivity contribution in [1.82, 2.24) is 0 Å². The second kappa shape index (κ2) is 4.18. The van der Waals surface area contributed by atoms with Crippen molar-refractivity contribution in [3.63, 3.8) is 0 Å². The standard InChI is InChI=1S/C14H20O/c1-10(2)11-6-7-12(9-15)13(8-11)14(3,4)5/h6-10H,1-5H3. The predicted molar refractivity (Wildman–Crippen MR) is 64.6 cm³/mol. The van der Waals surface area contributed by atoms with Crippen LogP contribution >= 0.6 is 0 Å². The molecule has 1 aromatic carbocycles. The van der Waals surface area contributed by atoms with Gasteiger partial charge in [-0.25, -0.2) is 0 Å². The van der Waals surface area contributed by atoms with E-state index in [9.17, 15) is 4.79 Å². The Labute approximate surface area is 92.5 Å². The summed E-state index contributed by atoms with van der Waals surface area (Å²) in [5.41, 5.74) is 3.28. The third kappa shape index (κ3) is 2.68. The van der Waals surface area contributed by atoms with Gasteiger partial charge in [-0.15, -0.1) is 0 Å². The van der Waals surface area contributed by atoms with Gasteiger partial charge in [0.25, 0.3) is 0 Å². The van der Waals surface area contributed by atoms with Crippen molar-refractivity contribution in [3.05, 3.63) is 34.9 Å². The van der Waals surface area contributed by atoms with Crippen LogP contribution in [0.15, 0.2) is 18.2 Å². The fourth-order valence-corrected chi connectivity index (χ4v) is 1.69. The van der Waals surface area contributed by atoms with E-state index in [-0.39, 0.29) is 5.41 Å². The van der Waals surface area contributed by atoms with Crippen LogP contribution in [0.1, 0.15) is 62.0 Å². The molecule has 1 heteroatoms. The molecule has 1 rings (SSSR count). The van der Waals surface area contributed by atoms with Gasteiger partial charge in [0, 0.05) is 5.56 Å². The zero-order chi connectivity index (χ0) is 11.6. The second-order valence-corrected chi connectivity index (χ2v) is 5.37. The maximum atomic E-state index is 11.0. The van der Waals surface area contributed by atoms with Gasteiger partial charge in [-0.3, -0.25) is 4.79 Å². The monoisotopic (exact) mass is 204 g/mol. The zero-order valence-corrected chi connectivity index (χ0v) is 10.3. The van der Waals surface area contributed by atoms with Crippen molar-refractivity contribution in [1.29, 1.82) is 0 Å². The highest BCUT2D eigenvalue weighted by Gasteiger charge is 2.18. The number of hydrogen-bond donors (Lipinski definition) is 0. The Bertz CT molecular complexity index is 356. The predicted octanol–water partition coefficient (Wildman–Crippen LogP) is 3.92. The van der Waals surface area contributed by atoms with Crippen LogP contribution in [-0.2, 0) is 5.41 Å². The van der Waals surface area contributed by atoms with E-state index in [2.05, 4.69) is 40.7 Å². The van der Waals surface area contributed by atoms with Gasteiger partial charge in [0.15, 0.2) is 0 Å². The number of benzene rings is 1. The molecule has 0 aliphatic carbocycles. The van der Waals surface area contributed by atoms with Gasteiger partial charge in [-0.2, -0.15) is 0 Å². The Morgan fingerprint density at radius 3 is 2.20 bits per heavy atom. The van der Waals surface area contributed by atoms with Gasteiger partial charge in [0.1, 0.15) is 6.29 Å². The summed E-state index contributed by atoms with van der Waals surface area (Å²) < 4.78 is 0. The third-order valence-corrected chi connectivity index (χ3v) is 2.68. The van der Waals surface area contributed by atoms with Crippen LogP contribution < -0.4 is 0 Å². The molecule has 0 heterocycles. The Morgan fingerprint density at radius 1 is 1.20 bits per heavy atom. The summed E-state index contributed by atoms with van der Waals surface area (Å²) in [6, 6.07) is 6.14. The van der Waals surface area contributed by atoms with E-state index < -0.39 is 0 Å². The fraction of sp³-hybridized carbons (Fsp3) is 0.500. The Hall–Kier alpha value is -1.11. The molecule has 0 N–H and O–H groups in total. The zero-order valence-electron chi connectivity index (χ0n) is 10.3. The molecule has 1 nitrogen and oxygen atoms in total. The molecule has 0 aromatic heterocycles. The molecule has 15 heavy (non-hydrogen) atoms. The van der Waals surface area contributed by atoms with Crippen molar-refractivity contribution >= 4 is 6.29 Å². The van der Waals surface area contributed by atoms with Crippen molar-refractivity contribution < 1.29 is 4.79 Å². The molecular formula is C14H20O. The average Bonchev–Trinajstić information content (AvgIpc) is 2.15. The highest BCUT2D eigenvalue weighted by Crippen LogP contribution is 2.28. The van der Waals surface area contributed by atoms with Gasteiger partial charge in [-0.05, 0) is 22.5 Å². The minimum atomic E-state index is 0.0289. The number of hydrogen-bond acceptors (Lipinski definition) is 1. The Kier molecular flexibility index (Phi) is 3.33. The third-order valence-electron chi connectivity index (χ3n) is 2.68. The summed E-state index contributed by atoms with van der Waals surface area (Å²) in [6.45, 7) is 10.8. The van der Waals surface area contributed by atoms with Crippen molar-refractivity contribution in [2.75, 3.05) is 0 Å². The highest BCUT2D eigenvalue weighted by molar-refractivity contribution is 5.78. The van der Waals surface area contributed by atoms with Crippen molar-refractivity contribution in [2.45, 2.75) is 46.0 Å². The van der Waals surface area contributed by atoms with Crippen LogP contribution in [0.2, 0.25) is 0 Å². The molecule has 0 bridgehead atoms. The highest BCUT2D eigenvalue weighted by atomic mass is 16.1. The minimum Gasteiger partial charge on any atom is -0.298 e. The lowest BCUT2D eigenvalue weighted by molar-refractivity contribution is 0.112. The van der Waals surface area contributed by atoms with Crippen molar-refractivity contribution in [3.8, 4) is 0 Å². The number of carbonyl (C=O) groups is 1. The van der Waals surface area contributed by atoms with Gasteiger partial charge in [0.05, 0.1) is 0 Å². The number of rotatable bonds is 2. The summed E-state index contributed by atoms with van der Waals surface area (Å²) in [5, 5.41) is 0. The van der Waals surface area contributed by atoms with E-state index in [0.717, 1.165) is 17.4 Å². The molecule has 1 aromatic rings. The SMILES string of the molecule is CC(C)c1ccc(C=O)c(C(C)(C)C)c1. The quantitative estimate of drug-likeness (QED) is 0.667. The molecular weight excluding hydrogens is 184 g/mol. The first-order valence-corrected chi connectivity index (χ1v) is 5.46. The summed E-state index contributed by atoms with van der Waals surface area (Å²) >= 11 is 0. The first kappa shape index (κ1) is 12.0. The lowest BCUT2D eigenvalue weighted by atomic mass is 9.82. The van der Waals surface area contributed by atoms with Crippen LogP contribution in [0.4, 0.5) is 0 Å². The first-order chi connectivity index (χ1) is 6.86. The molecule has 0 atom stereocenters. The van der Waals surface area contributed by atoms with Crippen LogP contribution in [-0.4, -0.2) is 6.29 Å². The Morgan fingerprint density at radius 2 is 1.80 bits per heavy atom. The summed E-state index contributed by atoms with van der Waals surface area (Å²) in [5.74, 6) is 0.506. The van der Waals surface area contributed by atoms with E-state index in [4.69, 9.17) is 0 Å². The summed E-state index contributed by atoms with van der Waals surface area (Å²) in [6.07, 6.45) is 0.949. The maximum absolute atomic E-state index is 11.0. The van der Waals surface area contributed by atoms with Gasteiger partial charge >= 0.3 is 0 Å². The first-order valence-electron chi connectivity index (χ1n) is 5.46. The molecule has 0 radical (unpaired) electrons. The van der Waals surface area contributed by atoms with Gasteiger partial charge < -0.3 is 0 Å². The number of carbonyl (C=O) groups excluding carboxylic acids is 1. The smallest absolute Gasteiger partial charge is 0.150 e. The summed E-state index contributed by atoms with van der Waals surface area (Å²) in [7, 11) is 0. The molecule has 0 fully saturated rings. The molecule has 0 aliphatic rings. The molecule has 0 saturated carbocycles. The molecule has 0 amide bonds. The van der Waals surface area contributed by atoms with Crippen LogP contribution in [0, 0.1) is 0 Å². The topological polar surface area (TPSA) is 17.1 Å². The van der Waals surface area contributed by atoms with Gasteiger partial charge in [-0.1, -0.05) is 52.8 Å². The molecule has 82 valence electrons. The maximum Gasteiger partial charge on any atom is 0.150 e. The second-order valence-electron chi connectivity index (χ2n) is 5.37. The molecule has 0 aliphatic heterocycles. The van der Waals surface area contributed by atoms with E-state index in [0.29, 0.717) is 5.92 Å². The van der Waals surface area contributed by atoms with E-state index >= 15 is 0 Å². The molecule has 0 saturated heterocycles. The summed E-state index contributed by atoms with van der Waals surface area (Å²) in [4.78, 5) is 11.0. The molecule has 0 unspecified atom stereocenters. The van der Waals surface area contributed by atoms with Crippen molar-refractivity contribution in [2.24, 2.45) is 0 Å². The number of aldehydes is 1. The largest absolute Gasteiger partial charge is 0.298 e. The van der Waals surface area contributed by atoms with Crippen LogP contribution in [0.25, 0.3) is 0 Å². The lowest BCUT2D eigenvalue weighted by Crippen LogP contribution is -2.14. The van der Waals surface area contributed by atoms with E-state index in [1.807, 2.05) is 12.1 Å². The van der Waals surface area contributed by atoms with E-state index in [1.165, 1.54) is 5.56 Å². The molecule has 0 spiro atoms. The minimum absolute atomic E-state index is 0.0289. The van der Waals surface area contributed by atoms with E-state index in [1.54, 1.807) is 0 Å². The average molecular weight is 204 g/mol. The van der Waals surface area contributed by atoms with Gasteiger partial charge in [0.2, 0.25) is 0 Å². The lowest BCUT2D eigenvalue weighted by Gasteiger charge is -2.22. The fourth-order valence-electron chi connectivity index (χ4n) is 1.69.